The van der Waals surface area contributed by atoms with Crippen LogP contribution < -0.4 is 21.3 Å². The molecule has 3 heterocycles. The quantitative estimate of drug-likeness (QED) is 0.238. The topological polar surface area (TPSA) is 143 Å². The normalized spacial score (nSPS) is 12.3. The summed E-state index contributed by atoms with van der Waals surface area (Å²) in [4.78, 5) is 47.1. The maximum atomic E-state index is 14.3. The molecule has 0 bridgehead atoms. The molecule has 0 saturated carbocycles. The van der Waals surface area contributed by atoms with E-state index in [1.165, 1.54) is 50.8 Å². The number of aryl methyl sites for hydroxylation is 1. The summed E-state index contributed by atoms with van der Waals surface area (Å²) in [5, 5.41) is 14.7. The fraction of sp³-hybridized carbons (Fsp3) is 0.385. The SMILES string of the molecule is CO/N=C(/Cn1c(=O)n(C(C)(C)C(=O)NC(C)C)c(=O)c2c(C)c(-c3nnco3)sc21)c1cc(F)ccc1OC. The van der Waals surface area contributed by atoms with E-state index in [-0.39, 0.29) is 40.0 Å². The van der Waals surface area contributed by atoms with Crippen molar-refractivity contribution in [1.82, 2.24) is 24.6 Å². The number of carbonyl (C=O) groups is 1. The van der Waals surface area contributed by atoms with Gasteiger partial charge in [-0.2, -0.15) is 0 Å². The summed E-state index contributed by atoms with van der Waals surface area (Å²) in [5.41, 5.74) is -2.15. The van der Waals surface area contributed by atoms with E-state index in [2.05, 4.69) is 20.7 Å². The van der Waals surface area contributed by atoms with Gasteiger partial charge >= 0.3 is 5.69 Å². The first kappa shape index (κ1) is 28.7. The predicted octanol–water partition coefficient (Wildman–Crippen LogP) is 3.04. The Hall–Kier alpha value is -4.33. The first-order valence-corrected chi connectivity index (χ1v) is 13.0. The van der Waals surface area contributed by atoms with Crippen molar-refractivity contribution >= 4 is 33.2 Å². The van der Waals surface area contributed by atoms with Gasteiger partial charge in [-0.05, 0) is 58.4 Å². The van der Waals surface area contributed by atoms with Crippen molar-refractivity contribution in [3.8, 4) is 16.5 Å². The third-order valence-corrected chi connectivity index (χ3v) is 7.59. The molecule has 0 fully saturated rings. The molecule has 0 spiro atoms. The molecule has 4 rings (SSSR count). The van der Waals surface area contributed by atoms with Gasteiger partial charge in [-0.1, -0.05) is 5.16 Å². The number of rotatable bonds is 9. The number of nitrogens with one attached hydrogen (secondary N) is 1. The number of hydrogen-bond donors (Lipinski definition) is 1. The Bertz CT molecular complexity index is 1720. The molecule has 3 aromatic heterocycles. The molecule has 0 atom stereocenters. The van der Waals surface area contributed by atoms with Crippen LogP contribution in [0.1, 0.15) is 38.8 Å². The number of ether oxygens (including phenoxy) is 1. The number of benzene rings is 1. The first-order valence-electron chi connectivity index (χ1n) is 12.2. The number of fused-ring (bicyclic) bond motifs is 1. The number of oxime groups is 1. The van der Waals surface area contributed by atoms with Crippen LogP contribution in [-0.2, 0) is 21.7 Å². The fourth-order valence-corrected chi connectivity index (χ4v) is 5.54. The van der Waals surface area contributed by atoms with E-state index in [9.17, 15) is 18.8 Å². The molecule has 0 unspecified atom stereocenters. The number of nitrogens with zero attached hydrogens (tertiary/aromatic N) is 5. The number of halogens is 1. The smallest absolute Gasteiger partial charge is 0.333 e. The number of aromatic nitrogens is 4. The van der Waals surface area contributed by atoms with Crippen LogP contribution in [0.25, 0.3) is 21.0 Å². The molecule has 0 saturated heterocycles. The maximum Gasteiger partial charge on any atom is 0.333 e. The molecule has 1 N–H and O–H groups in total. The van der Waals surface area contributed by atoms with E-state index < -0.39 is 28.5 Å². The minimum atomic E-state index is -1.58. The number of methoxy groups -OCH3 is 1. The Kier molecular flexibility index (Phi) is 7.91. The van der Waals surface area contributed by atoms with Gasteiger partial charge in [-0.3, -0.25) is 14.2 Å². The monoisotopic (exact) mass is 572 g/mol. The van der Waals surface area contributed by atoms with Crippen LogP contribution in [0.2, 0.25) is 0 Å². The molecule has 12 nitrogen and oxygen atoms in total. The van der Waals surface area contributed by atoms with Crippen molar-refractivity contribution in [2.45, 2.75) is 52.7 Å². The van der Waals surface area contributed by atoms with Crippen LogP contribution in [0.5, 0.6) is 5.75 Å². The van der Waals surface area contributed by atoms with Gasteiger partial charge in [0.2, 0.25) is 12.3 Å². The molecule has 40 heavy (non-hydrogen) atoms. The van der Waals surface area contributed by atoms with Crippen molar-refractivity contribution in [3.63, 3.8) is 0 Å². The largest absolute Gasteiger partial charge is 0.496 e. The lowest BCUT2D eigenvalue weighted by molar-refractivity contribution is -0.129. The molecular formula is C26H29FN6O6S. The van der Waals surface area contributed by atoms with Crippen LogP contribution in [-0.4, -0.2) is 51.2 Å². The lowest BCUT2D eigenvalue weighted by atomic mass is 10.0. The summed E-state index contributed by atoms with van der Waals surface area (Å²) in [7, 11) is 2.73. The predicted molar refractivity (Wildman–Crippen MR) is 147 cm³/mol. The minimum absolute atomic E-state index is 0.141. The van der Waals surface area contributed by atoms with E-state index in [1.54, 1.807) is 20.8 Å². The Morgan fingerprint density at radius 2 is 2.00 bits per heavy atom. The highest BCUT2D eigenvalue weighted by atomic mass is 32.1. The van der Waals surface area contributed by atoms with Crippen LogP contribution in [0, 0.1) is 12.7 Å². The zero-order valence-corrected chi connectivity index (χ0v) is 23.9. The molecular weight excluding hydrogens is 543 g/mol. The first-order chi connectivity index (χ1) is 18.9. The summed E-state index contributed by atoms with van der Waals surface area (Å²) < 4.78 is 27.3. The van der Waals surface area contributed by atoms with Crippen molar-refractivity contribution in [2.24, 2.45) is 5.16 Å². The zero-order valence-electron chi connectivity index (χ0n) is 23.1. The summed E-state index contributed by atoms with van der Waals surface area (Å²) in [6, 6.07) is 3.63. The summed E-state index contributed by atoms with van der Waals surface area (Å²) in [6.45, 7) is 7.97. The Balaban J connectivity index is 2.07. The molecule has 4 aromatic rings. The Morgan fingerprint density at radius 3 is 2.60 bits per heavy atom. The highest BCUT2D eigenvalue weighted by Crippen LogP contribution is 2.35. The second kappa shape index (κ2) is 11.0. The van der Waals surface area contributed by atoms with Gasteiger partial charge in [-0.25, -0.2) is 13.8 Å². The second-order valence-electron chi connectivity index (χ2n) is 9.74. The van der Waals surface area contributed by atoms with E-state index >= 15 is 0 Å². The molecule has 0 aliphatic carbocycles. The number of carbonyl (C=O) groups excluding carboxylic acids is 1. The number of hydrogen-bond acceptors (Lipinski definition) is 10. The third-order valence-electron chi connectivity index (χ3n) is 6.28. The molecule has 0 aliphatic rings. The van der Waals surface area contributed by atoms with E-state index in [0.717, 1.165) is 22.3 Å². The van der Waals surface area contributed by atoms with Gasteiger partial charge in [0, 0.05) is 11.6 Å². The summed E-state index contributed by atoms with van der Waals surface area (Å²) in [6.07, 6.45) is 1.16. The highest BCUT2D eigenvalue weighted by Gasteiger charge is 2.36. The van der Waals surface area contributed by atoms with Crippen molar-refractivity contribution < 1.29 is 23.2 Å². The van der Waals surface area contributed by atoms with E-state index in [0.29, 0.717) is 16.2 Å². The maximum absolute atomic E-state index is 14.3. The number of amides is 1. The van der Waals surface area contributed by atoms with Crippen LogP contribution in [0.15, 0.2) is 43.8 Å². The van der Waals surface area contributed by atoms with Crippen LogP contribution in [0.4, 0.5) is 4.39 Å². The van der Waals surface area contributed by atoms with Gasteiger partial charge < -0.3 is 19.3 Å². The standard InChI is InChI=1S/C26H29FN6O6S/c1-13(2)29-24(35)26(4,5)33-22(34)19-14(3)20(21-30-28-12-39-21)40-23(19)32(25(33)36)11-17(31-38-7)16-10-15(27)8-9-18(16)37-6/h8-10,12-13H,11H2,1-7H3,(H,29,35)/b31-17-. The lowest BCUT2D eigenvalue weighted by Crippen LogP contribution is -2.56. The molecule has 0 radical (unpaired) electrons. The third kappa shape index (κ3) is 5.01. The van der Waals surface area contributed by atoms with Crippen LogP contribution in [0.3, 0.4) is 0 Å². The number of thiophene rings is 1. The summed E-state index contributed by atoms with van der Waals surface area (Å²) >= 11 is 1.10. The van der Waals surface area contributed by atoms with Gasteiger partial charge in [0.25, 0.3) is 11.4 Å². The minimum Gasteiger partial charge on any atom is -0.496 e. The van der Waals surface area contributed by atoms with Crippen molar-refractivity contribution in [2.75, 3.05) is 14.2 Å². The Labute approximate surface area is 232 Å². The van der Waals surface area contributed by atoms with Gasteiger partial charge in [0.15, 0.2) is 0 Å². The second-order valence-corrected chi connectivity index (χ2v) is 10.7. The fourth-order valence-electron chi connectivity index (χ4n) is 4.32. The molecule has 14 heteroatoms. The summed E-state index contributed by atoms with van der Waals surface area (Å²) in [5.74, 6) is -0.618. The highest BCUT2D eigenvalue weighted by molar-refractivity contribution is 7.22. The van der Waals surface area contributed by atoms with Gasteiger partial charge in [-0.15, -0.1) is 21.5 Å². The molecule has 0 aliphatic heterocycles. The van der Waals surface area contributed by atoms with Crippen LogP contribution >= 0.6 is 11.3 Å². The average Bonchev–Trinajstić information content (AvgIpc) is 3.53. The molecule has 1 amide bonds. The van der Waals surface area contributed by atoms with Gasteiger partial charge in [0.05, 0.1) is 23.9 Å². The van der Waals surface area contributed by atoms with Gasteiger partial charge in [0.1, 0.15) is 34.8 Å². The van der Waals surface area contributed by atoms with E-state index in [1.807, 2.05) is 0 Å². The zero-order chi connectivity index (χ0) is 29.4. The Morgan fingerprint density at radius 1 is 1.27 bits per heavy atom. The van der Waals surface area contributed by atoms with E-state index in [4.69, 9.17) is 14.0 Å². The molecule has 212 valence electrons. The average molecular weight is 573 g/mol. The van der Waals surface area contributed by atoms with Crippen molar-refractivity contribution in [3.05, 3.63) is 62.4 Å². The van der Waals surface area contributed by atoms with Crippen molar-refractivity contribution in [1.29, 1.82) is 0 Å². The lowest BCUT2D eigenvalue weighted by Gasteiger charge is -2.27. The molecule has 1 aromatic carbocycles.